The molecule has 3 rings (SSSR count). The molecule has 0 aliphatic rings. The first-order valence-corrected chi connectivity index (χ1v) is 9.08. The number of H-pyrrole nitrogens is 1. The third-order valence-electron chi connectivity index (χ3n) is 3.91. The molecule has 11 heteroatoms. The van der Waals surface area contributed by atoms with Crippen LogP contribution in [-0.4, -0.2) is 38.4 Å². The molecule has 2 aromatic heterocycles. The lowest BCUT2D eigenvalue weighted by Crippen LogP contribution is -2.36. The van der Waals surface area contributed by atoms with Crippen molar-refractivity contribution in [2.75, 3.05) is 23.7 Å². The zero-order valence-corrected chi connectivity index (χ0v) is 15.1. The second-order valence-electron chi connectivity index (χ2n) is 5.53. The van der Waals surface area contributed by atoms with Crippen molar-refractivity contribution in [2.24, 2.45) is 0 Å². The normalized spacial score (nSPS) is 11.6. The molecule has 0 atom stereocenters. The molecule has 0 aliphatic carbocycles. The SMILES string of the molecule is CNS(=O)(=O)N(C)c1ccc(F)c(C(=O)Nc2cnc3[nH]ccc3c2)c1F. The number of aromatic amines is 1. The quantitative estimate of drug-likeness (QED) is 0.614. The molecule has 27 heavy (non-hydrogen) atoms. The van der Waals surface area contributed by atoms with Gasteiger partial charge in [-0.2, -0.15) is 8.42 Å². The number of carbonyl (C=O) groups excluding carboxylic acids is 1. The summed E-state index contributed by atoms with van der Waals surface area (Å²) in [6.45, 7) is 0. The Morgan fingerprint density at radius 2 is 2.00 bits per heavy atom. The van der Waals surface area contributed by atoms with E-state index in [4.69, 9.17) is 0 Å². The summed E-state index contributed by atoms with van der Waals surface area (Å²) in [5.41, 5.74) is -0.561. The zero-order chi connectivity index (χ0) is 19.8. The topological polar surface area (TPSA) is 107 Å². The molecule has 0 spiro atoms. The summed E-state index contributed by atoms with van der Waals surface area (Å²) in [5.74, 6) is -3.50. The minimum absolute atomic E-state index is 0.229. The summed E-state index contributed by atoms with van der Waals surface area (Å²) in [5, 5.41) is 3.06. The van der Waals surface area contributed by atoms with Crippen molar-refractivity contribution in [3.63, 3.8) is 0 Å². The first-order valence-electron chi connectivity index (χ1n) is 7.64. The number of hydrogen-bond donors (Lipinski definition) is 3. The molecule has 0 bridgehead atoms. The maximum absolute atomic E-state index is 14.8. The van der Waals surface area contributed by atoms with E-state index in [-0.39, 0.29) is 5.69 Å². The fourth-order valence-corrected chi connectivity index (χ4v) is 3.13. The van der Waals surface area contributed by atoms with Crippen molar-refractivity contribution >= 4 is 38.5 Å². The predicted octanol–water partition coefficient (Wildman–Crippen LogP) is 1.99. The Bertz CT molecular complexity index is 1130. The van der Waals surface area contributed by atoms with Gasteiger partial charge >= 0.3 is 10.2 Å². The van der Waals surface area contributed by atoms with Gasteiger partial charge in [-0.05, 0) is 24.3 Å². The third-order valence-corrected chi connectivity index (χ3v) is 5.35. The summed E-state index contributed by atoms with van der Waals surface area (Å²) in [6, 6.07) is 5.05. The maximum Gasteiger partial charge on any atom is 0.301 e. The highest BCUT2D eigenvalue weighted by molar-refractivity contribution is 7.90. The number of rotatable bonds is 5. The summed E-state index contributed by atoms with van der Waals surface area (Å²) in [4.78, 5) is 19.4. The summed E-state index contributed by atoms with van der Waals surface area (Å²) in [6.07, 6.45) is 2.98. The highest BCUT2D eigenvalue weighted by atomic mass is 32.2. The van der Waals surface area contributed by atoms with E-state index in [1.165, 1.54) is 6.20 Å². The number of nitrogens with one attached hydrogen (secondary N) is 3. The highest BCUT2D eigenvalue weighted by Crippen LogP contribution is 2.26. The number of anilines is 2. The monoisotopic (exact) mass is 395 g/mol. The van der Waals surface area contributed by atoms with Gasteiger partial charge in [0.25, 0.3) is 5.91 Å². The lowest BCUT2D eigenvalue weighted by atomic mass is 10.1. The minimum Gasteiger partial charge on any atom is -0.346 e. The fourth-order valence-electron chi connectivity index (χ4n) is 2.46. The molecule has 1 amide bonds. The first kappa shape index (κ1) is 18.7. The third kappa shape index (κ3) is 3.46. The van der Waals surface area contributed by atoms with Crippen LogP contribution in [0, 0.1) is 11.6 Å². The standard InChI is InChI=1S/C16H15F2N5O3S/c1-19-27(25,26)23(2)12-4-3-11(17)13(14(12)18)16(24)22-10-7-9-5-6-20-15(9)21-8-10/h3-8,19H,1-2H3,(H,20,21)(H,22,24). The van der Waals surface area contributed by atoms with Crippen molar-refractivity contribution in [1.29, 1.82) is 0 Å². The van der Waals surface area contributed by atoms with E-state index in [2.05, 4.69) is 15.3 Å². The fraction of sp³-hybridized carbons (Fsp3) is 0.125. The minimum atomic E-state index is -4.03. The average Bonchev–Trinajstić information content (AvgIpc) is 3.09. The molecular weight excluding hydrogens is 380 g/mol. The van der Waals surface area contributed by atoms with Crippen LogP contribution >= 0.6 is 0 Å². The lowest BCUT2D eigenvalue weighted by molar-refractivity contribution is 0.101. The highest BCUT2D eigenvalue weighted by Gasteiger charge is 2.26. The number of pyridine rings is 1. The van der Waals surface area contributed by atoms with E-state index in [0.717, 1.165) is 26.2 Å². The lowest BCUT2D eigenvalue weighted by Gasteiger charge is -2.20. The molecule has 0 saturated heterocycles. The van der Waals surface area contributed by atoms with Crippen LogP contribution in [0.4, 0.5) is 20.2 Å². The van der Waals surface area contributed by atoms with Gasteiger partial charge in [-0.3, -0.25) is 9.10 Å². The summed E-state index contributed by atoms with van der Waals surface area (Å²) in [7, 11) is -1.81. The Morgan fingerprint density at radius 3 is 2.70 bits per heavy atom. The van der Waals surface area contributed by atoms with Crippen LogP contribution in [0.5, 0.6) is 0 Å². The van der Waals surface area contributed by atoms with Gasteiger partial charge in [0, 0.05) is 25.7 Å². The van der Waals surface area contributed by atoms with E-state index in [9.17, 15) is 22.0 Å². The van der Waals surface area contributed by atoms with E-state index in [1.54, 1.807) is 18.3 Å². The van der Waals surface area contributed by atoms with E-state index >= 15 is 0 Å². The molecule has 0 unspecified atom stereocenters. The molecule has 142 valence electrons. The predicted molar refractivity (Wildman–Crippen MR) is 96.8 cm³/mol. The van der Waals surface area contributed by atoms with Crippen LogP contribution in [0.15, 0.2) is 36.7 Å². The van der Waals surface area contributed by atoms with Gasteiger partial charge in [-0.25, -0.2) is 18.5 Å². The molecule has 0 aliphatic heterocycles. The van der Waals surface area contributed by atoms with Crippen LogP contribution in [0.25, 0.3) is 11.0 Å². The maximum atomic E-state index is 14.8. The number of hydrogen-bond acceptors (Lipinski definition) is 4. The second-order valence-corrected chi connectivity index (χ2v) is 7.43. The average molecular weight is 395 g/mol. The van der Waals surface area contributed by atoms with Gasteiger partial charge in [0.05, 0.1) is 17.6 Å². The Kier molecular flexibility index (Phi) is 4.81. The molecule has 1 aromatic carbocycles. The van der Waals surface area contributed by atoms with Gasteiger partial charge in [-0.1, -0.05) is 0 Å². The summed E-state index contributed by atoms with van der Waals surface area (Å²) >= 11 is 0. The van der Waals surface area contributed by atoms with E-state index < -0.39 is 39.0 Å². The molecule has 0 fully saturated rings. The number of amides is 1. The first-order chi connectivity index (χ1) is 12.7. The van der Waals surface area contributed by atoms with E-state index in [1.807, 2.05) is 4.72 Å². The molecule has 2 heterocycles. The molecule has 0 saturated carbocycles. The van der Waals surface area contributed by atoms with Gasteiger partial charge in [0.15, 0.2) is 5.82 Å². The Morgan fingerprint density at radius 1 is 1.26 bits per heavy atom. The van der Waals surface area contributed by atoms with Crippen molar-refractivity contribution in [2.45, 2.75) is 0 Å². The van der Waals surface area contributed by atoms with Gasteiger partial charge in [0.1, 0.15) is 17.0 Å². The van der Waals surface area contributed by atoms with Crippen LogP contribution in [-0.2, 0) is 10.2 Å². The number of carbonyl (C=O) groups is 1. The molecule has 3 N–H and O–H groups in total. The van der Waals surface area contributed by atoms with Crippen LogP contribution < -0.4 is 14.3 Å². The number of halogens is 2. The van der Waals surface area contributed by atoms with Crippen molar-refractivity contribution in [3.8, 4) is 0 Å². The molecule has 3 aromatic rings. The van der Waals surface area contributed by atoms with Crippen LogP contribution in [0.1, 0.15) is 10.4 Å². The van der Waals surface area contributed by atoms with Gasteiger partial charge < -0.3 is 10.3 Å². The number of aromatic nitrogens is 2. The molecule has 8 nitrogen and oxygen atoms in total. The Hall–Kier alpha value is -3.05. The van der Waals surface area contributed by atoms with Gasteiger partial charge in [0.2, 0.25) is 0 Å². The van der Waals surface area contributed by atoms with Crippen molar-refractivity contribution in [3.05, 3.63) is 53.9 Å². The molecule has 0 radical (unpaired) electrons. The smallest absolute Gasteiger partial charge is 0.301 e. The van der Waals surface area contributed by atoms with Crippen LogP contribution in [0.2, 0.25) is 0 Å². The molecular formula is C16H15F2N5O3S. The van der Waals surface area contributed by atoms with Crippen molar-refractivity contribution in [1.82, 2.24) is 14.7 Å². The number of benzene rings is 1. The number of fused-ring (bicyclic) bond motifs is 1. The number of nitrogens with zero attached hydrogens (tertiary/aromatic N) is 2. The second kappa shape index (κ2) is 6.93. The van der Waals surface area contributed by atoms with Crippen molar-refractivity contribution < 1.29 is 22.0 Å². The summed E-state index contributed by atoms with van der Waals surface area (Å²) < 4.78 is 55.2. The zero-order valence-electron chi connectivity index (χ0n) is 14.2. The largest absolute Gasteiger partial charge is 0.346 e. The Labute approximate surface area is 153 Å². The van der Waals surface area contributed by atoms with Gasteiger partial charge in [-0.15, -0.1) is 0 Å². The van der Waals surface area contributed by atoms with Crippen LogP contribution in [0.3, 0.4) is 0 Å². The van der Waals surface area contributed by atoms with E-state index in [0.29, 0.717) is 15.3 Å². The Balaban J connectivity index is 1.97.